The van der Waals surface area contributed by atoms with Crippen molar-refractivity contribution in [1.82, 2.24) is 14.5 Å². The number of amides is 2. The molecule has 38 heavy (non-hydrogen) atoms. The van der Waals surface area contributed by atoms with Gasteiger partial charge in [0.25, 0.3) is 11.2 Å². The van der Waals surface area contributed by atoms with E-state index in [4.69, 9.17) is 0 Å². The fourth-order valence-electron chi connectivity index (χ4n) is 3.83. The minimum atomic E-state index is -5.03. The van der Waals surface area contributed by atoms with Crippen molar-refractivity contribution in [3.8, 4) is 5.69 Å². The lowest BCUT2D eigenvalue weighted by molar-refractivity contribution is -0.388. The molecule has 0 spiro atoms. The zero-order chi connectivity index (χ0) is 27.8. The van der Waals surface area contributed by atoms with Crippen LogP contribution in [-0.4, -0.2) is 32.5 Å². The topological polar surface area (TPSA) is 110 Å². The second-order valence-corrected chi connectivity index (χ2v) is 8.31. The number of carbonyl (C=O) groups excluding carboxylic acids is 1. The largest absolute Gasteiger partial charge is 0.423 e. The first-order chi connectivity index (χ1) is 17.9. The van der Waals surface area contributed by atoms with Gasteiger partial charge in [0.05, 0.1) is 27.6 Å². The number of fused-ring (bicyclic) bond motifs is 1. The van der Waals surface area contributed by atoms with Gasteiger partial charge in [0.15, 0.2) is 0 Å². The van der Waals surface area contributed by atoms with Gasteiger partial charge in [-0.05, 0) is 55.5 Å². The number of alkyl halides is 3. The summed E-state index contributed by atoms with van der Waals surface area (Å²) in [7, 11) is 1.34. The second-order valence-electron chi connectivity index (χ2n) is 8.31. The summed E-state index contributed by atoms with van der Waals surface area (Å²) in [5, 5.41) is 13.6. The Hall–Kier alpha value is -4.81. The van der Waals surface area contributed by atoms with E-state index in [1.54, 1.807) is 31.2 Å². The van der Waals surface area contributed by atoms with Crippen LogP contribution in [0.4, 0.5) is 33.7 Å². The number of hydrogen-bond acceptors (Lipinski definition) is 5. The average Bonchev–Trinajstić information content (AvgIpc) is 2.87. The molecule has 4 aromatic rings. The third kappa shape index (κ3) is 5.03. The molecule has 0 fully saturated rings. The van der Waals surface area contributed by atoms with Crippen LogP contribution >= 0.6 is 0 Å². The molecule has 9 nitrogen and oxygen atoms in total. The summed E-state index contributed by atoms with van der Waals surface area (Å²) in [4.78, 5) is 41.9. The van der Waals surface area contributed by atoms with E-state index >= 15 is 0 Å². The number of nitro groups is 1. The van der Waals surface area contributed by atoms with Crippen molar-refractivity contribution in [3.63, 3.8) is 0 Å². The highest BCUT2D eigenvalue weighted by Crippen LogP contribution is 2.37. The number of anilines is 1. The van der Waals surface area contributed by atoms with Gasteiger partial charge in [0, 0.05) is 18.8 Å². The molecule has 0 aliphatic rings. The van der Waals surface area contributed by atoms with Crippen molar-refractivity contribution in [2.75, 3.05) is 12.4 Å². The number of benzene rings is 3. The molecule has 0 radical (unpaired) electrons. The number of hydrogen-bond donors (Lipinski definition) is 1. The standard InChI is InChI=1S/C25H19F4N5O4/c1-14(32(2)24(36)30-16-9-12-21(34(37)38)19(13-16)25(27,28)29)22-31-20-6-4-3-5-18(20)23(35)33(22)17-10-7-15(26)8-11-17/h3-14H,1-2H3,(H,30,36). The van der Waals surface area contributed by atoms with Crippen molar-refractivity contribution < 1.29 is 27.3 Å². The Balaban J connectivity index is 1.73. The number of nitrogens with zero attached hydrogens (tertiary/aromatic N) is 4. The summed E-state index contributed by atoms with van der Waals surface area (Å²) in [5.41, 5.74) is -2.83. The molecule has 0 saturated carbocycles. The van der Waals surface area contributed by atoms with Gasteiger partial charge in [0.2, 0.25) is 0 Å². The zero-order valence-corrected chi connectivity index (χ0v) is 19.9. The number of rotatable bonds is 5. The average molecular weight is 529 g/mol. The number of aromatic nitrogens is 2. The van der Waals surface area contributed by atoms with Crippen LogP contribution in [0.3, 0.4) is 0 Å². The van der Waals surface area contributed by atoms with E-state index in [1.165, 1.54) is 23.7 Å². The van der Waals surface area contributed by atoms with E-state index in [0.717, 1.165) is 23.1 Å². The van der Waals surface area contributed by atoms with Gasteiger partial charge in [-0.15, -0.1) is 0 Å². The van der Waals surface area contributed by atoms with Crippen LogP contribution in [0.15, 0.2) is 71.5 Å². The molecule has 196 valence electrons. The van der Waals surface area contributed by atoms with Gasteiger partial charge in [-0.1, -0.05) is 12.1 Å². The van der Waals surface area contributed by atoms with E-state index in [0.29, 0.717) is 17.6 Å². The lowest BCUT2D eigenvalue weighted by atomic mass is 10.1. The molecule has 4 rings (SSSR count). The van der Waals surface area contributed by atoms with Gasteiger partial charge < -0.3 is 10.2 Å². The summed E-state index contributed by atoms with van der Waals surface area (Å²) in [5.74, 6) is -0.416. The minimum absolute atomic E-state index is 0.109. The van der Waals surface area contributed by atoms with Crippen LogP contribution in [0.25, 0.3) is 16.6 Å². The Morgan fingerprint density at radius 2 is 1.76 bits per heavy atom. The molecule has 1 heterocycles. The molecule has 0 aliphatic carbocycles. The van der Waals surface area contributed by atoms with Crippen molar-refractivity contribution in [3.05, 3.63) is 104 Å². The molecule has 0 bridgehead atoms. The van der Waals surface area contributed by atoms with E-state index in [9.17, 15) is 37.3 Å². The normalized spacial score (nSPS) is 12.3. The first-order valence-corrected chi connectivity index (χ1v) is 11.1. The molecule has 1 atom stereocenters. The molecule has 1 aromatic heterocycles. The van der Waals surface area contributed by atoms with Crippen LogP contribution in [-0.2, 0) is 6.18 Å². The van der Waals surface area contributed by atoms with E-state index in [1.807, 2.05) is 0 Å². The van der Waals surface area contributed by atoms with E-state index in [2.05, 4.69) is 10.3 Å². The number of para-hydroxylation sites is 1. The minimum Gasteiger partial charge on any atom is -0.318 e. The lowest BCUT2D eigenvalue weighted by Crippen LogP contribution is -2.37. The van der Waals surface area contributed by atoms with E-state index < -0.39 is 45.8 Å². The highest BCUT2D eigenvalue weighted by atomic mass is 19.4. The highest BCUT2D eigenvalue weighted by molar-refractivity contribution is 5.90. The first kappa shape index (κ1) is 26.3. The maximum atomic E-state index is 13.6. The molecule has 3 aromatic carbocycles. The third-order valence-electron chi connectivity index (χ3n) is 5.91. The van der Waals surface area contributed by atoms with Crippen molar-refractivity contribution in [1.29, 1.82) is 0 Å². The summed E-state index contributed by atoms with van der Waals surface area (Å²) in [6.07, 6.45) is -5.03. The smallest absolute Gasteiger partial charge is 0.318 e. The zero-order valence-electron chi connectivity index (χ0n) is 19.9. The molecule has 13 heteroatoms. The van der Waals surface area contributed by atoms with Crippen molar-refractivity contribution in [2.24, 2.45) is 0 Å². The van der Waals surface area contributed by atoms with Gasteiger partial charge in [-0.25, -0.2) is 14.2 Å². The predicted octanol–water partition coefficient (Wildman–Crippen LogP) is 5.68. The van der Waals surface area contributed by atoms with Crippen LogP contribution in [0.1, 0.15) is 24.4 Å². The first-order valence-electron chi connectivity index (χ1n) is 11.1. The lowest BCUT2D eigenvalue weighted by Gasteiger charge is -2.27. The Labute approximate surface area is 212 Å². The SMILES string of the molecule is CC(c1nc2ccccc2c(=O)n1-c1ccc(F)cc1)N(C)C(=O)Nc1ccc([N+](=O)[O-])c(C(F)(F)F)c1. The molecule has 1 N–H and O–H groups in total. The summed E-state index contributed by atoms with van der Waals surface area (Å²) in [6, 6.07) is 11.9. The Morgan fingerprint density at radius 1 is 1.11 bits per heavy atom. The number of halogens is 4. The molecule has 2 amide bonds. The molecular formula is C25H19F4N5O4. The number of carbonyl (C=O) groups is 1. The van der Waals surface area contributed by atoms with Crippen molar-refractivity contribution >= 4 is 28.3 Å². The molecule has 0 saturated heterocycles. The second kappa shape index (κ2) is 9.92. The molecule has 1 unspecified atom stereocenters. The van der Waals surface area contributed by atoms with Crippen LogP contribution in [0.2, 0.25) is 0 Å². The van der Waals surface area contributed by atoms with Gasteiger partial charge >= 0.3 is 12.2 Å². The fourth-order valence-corrected chi connectivity index (χ4v) is 3.83. The monoisotopic (exact) mass is 529 g/mol. The van der Waals surface area contributed by atoms with Crippen molar-refractivity contribution in [2.45, 2.75) is 19.1 Å². The van der Waals surface area contributed by atoms with Gasteiger partial charge in [0.1, 0.15) is 17.2 Å². The van der Waals surface area contributed by atoms with Crippen LogP contribution in [0, 0.1) is 15.9 Å². The Kier molecular flexibility index (Phi) is 6.85. The Morgan fingerprint density at radius 3 is 2.39 bits per heavy atom. The maximum Gasteiger partial charge on any atom is 0.423 e. The molecule has 0 aliphatic heterocycles. The summed E-state index contributed by atoms with van der Waals surface area (Å²) in [6.45, 7) is 1.55. The quantitative estimate of drug-likeness (QED) is 0.203. The van der Waals surface area contributed by atoms with Crippen LogP contribution in [0.5, 0.6) is 0 Å². The van der Waals surface area contributed by atoms with Gasteiger partial charge in [-0.3, -0.25) is 19.5 Å². The fraction of sp³-hybridized carbons (Fsp3) is 0.160. The Bertz CT molecular complexity index is 1600. The number of urea groups is 1. The highest BCUT2D eigenvalue weighted by Gasteiger charge is 2.38. The predicted molar refractivity (Wildman–Crippen MR) is 131 cm³/mol. The van der Waals surface area contributed by atoms with Crippen LogP contribution < -0.4 is 10.9 Å². The van der Waals surface area contributed by atoms with Gasteiger partial charge in [-0.2, -0.15) is 13.2 Å². The number of nitro benzene ring substituents is 1. The third-order valence-corrected chi connectivity index (χ3v) is 5.91. The van der Waals surface area contributed by atoms with E-state index in [-0.39, 0.29) is 22.6 Å². The summed E-state index contributed by atoms with van der Waals surface area (Å²) >= 11 is 0. The maximum absolute atomic E-state index is 13.6. The molecular weight excluding hydrogens is 510 g/mol. The summed E-state index contributed by atoms with van der Waals surface area (Å²) < 4.78 is 54.8. The number of nitrogens with one attached hydrogen (secondary N) is 1.